The van der Waals surface area contributed by atoms with E-state index in [0.29, 0.717) is 13.2 Å². The molecule has 0 amide bonds. The Kier molecular flexibility index (Phi) is 4.04. The highest BCUT2D eigenvalue weighted by molar-refractivity contribution is 9.10. The molecule has 0 bridgehead atoms. The standard InChI is InChI=1S/C13H16BrN3O/c1-9-5-13(17(2)16-9)18-8-11-4-3-10(7-15)6-12(11)14/h3-6H,7-8,15H2,1-2H3. The zero-order chi connectivity index (χ0) is 13.1. The Balaban J connectivity index is 2.08. The minimum atomic E-state index is 0.504. The molecule has 0 aliphatic carbocycles. The maximum Gasteiger partial charge on any atom is 0.212 e. The highest BCUT2D eigenvalue weighted by Crippen LogP contribution is 2.21. The van der Waals surface area contributed by atoms with Crippen LogP contribution in [0.4, 0.5) is 0 Å². The second-order valence-electron chi connectivity index (χ2n) is 4.17. The maximum atomic E-state index is 5.74. The van der Waals surface area contributed by atoms with Crippen molar-refractivity contribution in [3.05, 3.63) is 45.6 Å². The molecule has 2 N–H and O–H groups in total. The van der Waals surface area contributed by atoms with Crippen molar-refractivity contribution >= 4 is 15.9 Å². The molecule has 96 valence electrons. The van der Waals surface area contributed by atoms with Crippen molar-refractivity contribution in [2.24, 2.45) is 12.8 Å². The fourth-order valence-corrected chi connectivity index (χ4v) is 2.25. The van der Waals surface area contributed by atoms with Gasteiger partial charge < -0.3 is 10.5 Å². The van der Waals surface area contributed by atoms with Gasteiger partial charge in [0.25, 0.3) is 0 Å². The van der Waals surface area contributed by atoms with Crippen LogP contribution in [0.2, 0.25) is 0 Å². The average molecular weight is 310 g/mol. The first-order chi connectivity index (χ1) is 8.60. The van der Waals surface area contributed by atoms with Crippen molar-refractivity contribution < 1.29 is 4.74 Å². The van der Waals surface area contributed by atoms with Crippen LogP contribution in [0.25, 0.3) is 0 Å². The van der Waals surface area contributed by atoms with Crippen LogP contribution in [-0.2, 0) is 20.2 Å². The lowest BCUT2D eigenvalue weighted by atomic mass is 10.1. The van der Waals surface area contributed by atoms with E-state index in [1.54, 1.807) is 4.68 Å². The van der Waals surface area contributed by atoms with Crippen LogP contribution in [-0.4, -0.2) is 9.78 Å². The van der Waals surface area contributed by atoms with Gasteiger partial charge in [0.1, 0.15) is 6.61 Å². The predicted molar refractivity (Wildman–Crippen MR) is 74.3 cm³/mol. The number of benzene rings is 1. The minimum absolute atomic E-state index is 0.504. The number of hydrogen-bond donors (Lipinski definition) is 1. The lowest BCUT2D eigenvalue weighted by molar-refractivity contribution is 0.278. The topological polar surface area (TPSA) is 53.1 Å². The van der Waals surface area contributed by atoms with Gasteiger partial charge in [-0.15, -0.1) is 0 Å². The molecule has 0 spiro atoms. The van der Waals surface area contributed by atoms with Crippen molar-refractivity contribution in [1.82, 2.24) is 9.78 Å². The fourth-order valence-electron chi connectivity index (χ4n) is 1.71. The zero-order valence-electron chi connectivity index (χ0n) is 10.5. The van der Waals surface area contributed by atoms with Crippen LogP contribution in [0.15, 0.2) is 28.7 Å². The summed E-state index contributed by atoms with van der Waals surface area (Å²) in [5.41, 5.74) is 8.73. The molecule has 1 aromatic heterocycles. The highest BCUT2D eigenvalue weighted by Gasteiger charge is 2.06. The van der Waals surface area contributed by atoms with Crippen molar-refractivity contribution in [3.8, 4) is 5.88 Å². The summed E-state index contributed by atoms with van der Waals surface area (Å²) < 4.78 is 8.49. The summed E-state index contributed by atoms with van der Waals surface area (Å²) in [5.74, 6) is 0.766. The zero-order valence-corrected chi connectivity index (χ0v) is 12.1. The largest absolute Gasteiger partial charge is 0.473 e. The first-order valence-electron chi connectivity index (χ1n) is 5.71. The van der Waals surface area contributed by atoms with Gasteiger partial charge in [0.15, 0.2) is 0 Å². The fraction of sp³-hybridized carbons (Fsp3) is 0.308. The van der Waals surface area contributed by atoms with E-state index in [1.165, 1.54) is 0 Å². The molecule has 0 radical (unpaired) electrons. The van der Waals surface area contributed by atoms with Gasteiger partial charge in [-0.2, -0.15) is 5.10 Å². The van der Waals surface area contributed by atoms with Gasteiger partial charge >= 0.3 is 0 Å². The summed E-state index contributed by atoms with van der Waals surface area (Å²) in [6.45, 7) is 2.99. The number of aromatic nitrogens is 2. The van der Waals surface area contributed by atoms with Crippen molar-refractivity contribution in [3.63, 3.8) is 0 Å². The molecule has 0 fully saturated rings. The first-order valence-corrected chi connectivity index (χ1v) is 6.50. The number of nitrogens with zero attached hydrogens (tertiary/aromatic N) is 2. The minimum Gasteiger partial charge on any atom is -0.473 e. The normalized spacial score (nSPS) is 10.7. The third kappa shape index (κ3) is 2.91. The summed E-state index contributed by atoms with van der Waals surface area (Å²) in [7, 11) is 1.87. The molecule has 2 rings (SSSR count). The molecule has 0 atom stereocenters. The molecule has 0 aliphatic rings. The van der Waals surface area contributed by atoms with Crippen LogP contribution in [0, 0.1) is 6.92 Å². The van der Waals surface area contributed by atoms with Crippen LogP contribution in [0.1, 0.15) is 16.8 Å². The Bertz CT molecular complexity index is 551. The van der Waals surface area contributed by atoms with Gasteiger partial charge in [-0.1, -0.05) is 28.1 Å². The molecule has 0 saturated heterocycles. The Morgan fingerprint density at radius 1 is 1.39 bits per heavy atom. The molecule has 2 aromatic rings. The summed E-state index contributed by atoms with van der Waals surface area (Å²) >= 11 is 3.53. The summed E-state index contributed by atoms with van der Waals surface area (Å²) in [6, 6.07) is 7.97. The smallest absolute Gasteiger partial charge is 0.212 e. The predicted octanol–water partition coefficient (Wildman–Crippen LogP) is 2.53. The van der Waals surface area contributed by atoms with E-state index in [0.717, 1.165) is 27.2 Å². The third-order valence-corrected chi connectivity index (χ3v) is 3.43. The van der Waals surface area contributed by atoms with E-state index < -0.39 is 0 Å². The molecule has 1 aromatic carbocycles. The van der Waals surface area contributed by atoms with E-state index >= 15 is 0 Å². The summed E-state index contributed by atoms with van der Waals surface area (Å²) in [4.78, 5) is 0. The van der Waals surface area contributed by atoms with Gasteiger partial charge in [0.05, 0.1) is 5.69 Å². The summed E-state index contributed by atoms with van der Waals surface area (Å²) in [5, 5.41) is 4.24. The Morgan fingerprint density at radius 2 is 2.17 bits per heavy atom. The second-order valence-corrected chi connectivity index (χ2v) is 5.02. The Labute approximate surface area is 115 Å². The summed E-state index contributed by atoms with van der Waals surface area (Å²) in [6.07, 6.45) is 0. The molecule has 4 nitrogen and oxygen atoms in total. The van der Waals surface area contributed by atoms with Gasteiger partial charge in [-0.05, 0) is 18.6 Å². The lowest BCUT2D eigenvalue weighted by Gasteiger charge is -2.08. The number of halogens is 1. The molecule has 0 saturated carbocycles. The number of rotatable bonds is 4. The van der Waals surface area contributed by atoms with Gasteiger partial charge in [0, 0.05) is 29.7 Å². The Morgan fingerprint density at radius 3 is 2.72 bits per heavy atom. The van der Waals surface area contributed by atoms with Crippen molar-refractivity contribution in [2.45, 2.75) is 20.1 Å². The molecule has 5 heteroatoms. The molecule has 18 heavy (non-hydrogen) atoms. The monoisotopic (exact) mass is 309 g/mol. The Hall–Kier alpha value is -1.33. The molecule has 0 aliphatic heterocycles. The third-order valence-electron chi connectivity index (χ3n) is 2.69. The van der Waals surface area contributed by atoms with Crippen molar-refractivity contribution in [1.29, 1.82) is 0 Å². The maximum absolute atomic E-state index is 5.74. The van der Waals surface area contributed by atoms with E-state index in [9.17, 15) is 0 Å². The molecular weight excluding hydrogens is 294 g/mol. The van der Waals surface area contributed by atoms with Crippen LogP contribution >= 0.6 is 15.9 Å². The molecular formula is C13H16BrN3O. The average Bonchev–Trinajstić information content (AvgIpc) is 2.66. The molecule has 1 heterocycles. The van der Waals surface area contributed by atoms with Crippen LogP contribution in [0.5, 0.6) is 5.88 Å². The number of ether oxygens (including phenoxy) is 1. The highest BCUT2D eigenvalue weighted by atomic mass is 79.9. The van der Waals surface area contributed by atoms with Gasteiger partial charge in [-0.3, -0.25) is 0 Å². The quantitative estimate of drug-likeness (QED) is 0.944. The molecule has 0 unspecified atom stereocenters. The van der Waals surface area contributed by atoms with Crippen LogP contribution in [0.3, 0.4) is 0 Å². The number of aryl methyl sites for hydroxylation is 2. The second kappa shape index (κ2) is 5.54. The van der Waals surface area contributed by atoms with Gasteiger partial charge in [0.2, 0.25) is 5.88 Å². The first kappa shape index (κ1) is 13.1. The van der Waals surface area contributed by atoms with E-state index in [-0.39, 0.29) is 0 Å². The van der Waals surface area contributed by atoms with Crippen molar-refractivity contribution in [2.75, 3.05) is 0 Å². The number of hydrogen-bond acceptors (Lipinski definition) is 3. The van der Waals surface area contributed by atoms with E-state index in [1.807, 2.05) is 38.2 Å². The van der Waals surface area contributed by atoms with Crippen LogP contribution < -0.4 is 10.5 Å². The lowest BCUT2D eigenvalue weighted by Crippen LogP contribution is -2.02. The van der Waals surface area contributed by atoms with Gasteiger partial charge in [-0.25, -0.2) is 4.68 Å². The SMILES string of the molecule is Cc1cc(OCc2ccc(CN)cc2Br)n(C)n1. The van der Waals surface area contributed by atoms with E-state index in [2.05, 4.69) is 21.0 Å². The number of nitrogens with two attached hydrogens (primary N) is 1. The van der Waals surface area contributed by atoms with E-state index in [4.69, 9.17) is 10.5 Å².